The number of pyridine rings is 1. The van der Waals surface area contributed by atoms with E-state index in [1.165, 1.54) is 25.4 Å². The minimum Gasteiger partial charge on any atom is -0.481 e. The van der Waals surface area contributed by atoms with E-state index in [0.29, 0.717) is 24.5 Å². The number of benzene rings is 1. The first-order valence-electron chi connectivity index (χ1n) is 7.93. The molecule has 2 aromatic rings. The second kappa shape index (κ2) is 7.10. The third kappa shape index (κ3) is 3.90. The summed E-state index contributed by atoms with van der Waals surface area (Å²) in [4.78, 5) is 17.7. The van der Waals surface area contributed by atoms with Gasteiger partial charge in [-0.25, -0.2) is 13.4 Å². The van der Waals surface area contributed by atoms with Crippen molar-refractivity contribution in [1.82, 2.24) is 4.98 Å². The Labute approximate surface area is 146 Å². The molecule has 1 aromatic carbocycles. The van der Waals surface area contributed by atoms with E-state index in [0.717, 1.165) is 18.5 Å². The lowest BCUT2D eigenvalue weighted by atomic mass is 10.1. The highest BCUT2D eigenvalue weighted by molar-refractivity contribution is 7.92. The van der Waals surface area contributed by atoms with E-state index < -0.39 is 10.0 Å². The molecule has 1 saturated heterocycles. The Morgan fingerprint density at radius 1 is 1.12 bits per heavy atom. The van der Waals surface area contributed by atoms with Gasteiger partial charge in [-0.1, -0.05) is 0 Å². The fraction of sp³-hybridized carbons (Fsp3) is 0.294. The summed E-state index contributed by atoms with van der Waals surface area (Å²) in [7, 11) is -2.24. The molecule has 2 heterocycles. The van der Waals surface area contributed by atoms with Crippen LogP contribution in [-0.4, -0.2) is 33.0 Å². The lowest BCUT2D eigenvalue weighted by Gasteiger charge is -2.26. The lowest BCUT2D eigenvalue weighted by Crippen LogP contribution is -2.35. The maximum absolute atomic E-state index is 12.5. The normalized spacial score (nSPS) is 15.1. The van der Waals surface area contributed by atoms with Gasteiger partial charge in [0.2, 0.25) is 11.8 Å². The Morgan fingerprint density at radius 3 is 2.48 bits per heavy atom. The largest absolute Gasteiger partial charge is 0.481 e. The zero-order chi connectivity index (χ0) is 17.9. The number of nitrogens with one attached hydrogen (secondary N) is 1. The lowest BCUT2D eigenvalue weighted by molar-refractivity contribution is -0.119. The molecule has 1 aromatic heterocycles. The Hall–Kier alpha value is -2.61. The predicted octanol–water partition coefficient (Wildman–Crippen LogP) is 2.41. The third-order valence-electron chi connectivity index (χ3n) is 3.98. The SMILES string of the molecule is COc1ccc(NS(=O)(=O)c2ccc(N3CCCCC3=O)cc2)cn1. The highest BCUT2D eigenvalue weighted by atomic mass is 32.2. The van der Waals surface area contributed by atoms with E-state index in [9.17, 15) is 13.2 Å². The number of sulfonamides is 1. The number of carbonyl (C=O) groups excluding carboxylic acids is 1. The number of amides is 1. The summed E-state index contributed by atoms with van der Waals surface area (Å²) in [6.45, 7) is 0.667. The fourth-order valence-corrected chi connectivity index (χ4v) is 3.70. The number of hydrogen-bond acceptors (Lipinski definition) is 5. The van der Waals surface area contributed by atoms with Gasteiger partial charge in [-0.3, -0.25) is 9.52 Å². The van der Waals surface area contributed by atoms with E-state index in [4.69, 9.17) is 4.74 Å². The Bertz CT molecular complexity index is 848. The molecule has 1 fully saturated rings. The van der Waals surface area contributed by atoms with Crippen molar-refractivity contribution in [2.45, 2.75) is 24.2 Å². The van der Waals surface area contributed by atoms with Crippen LogP contribution >= 0.6 is 0 Å². The van der Waals surface area contributed by atoms with Gasteiger partial charge in [0.05, 0.1) is 23.9 Å². The van der Waals surface area contributed by atoms with Crippen LogP contribution in [-0.2, 0) is 14.8 Å². The van der Waals surface area contributed by atoms with Crippen LogP contribution in [0.4, 0.5) is 11.4 Å². The number of aromatic nitrogens is 1. The van der Waals surface area contributed by atoms with Crippen molar-refractivity contribution in [2.75, 3.05) is 23.3 Å². The van der Waals surface area contributed by atoms with Gasteiger partial charge in [0.1, 0.15) is 0 Å². The topological polar surface area (TPSA) is 88.6 Å². The molecule has 1 N–H and O–H groups in total. The molecule has 0 bridgehead atoms. The summed E-state index contributed by atoms with van der Waals surface area (Å²) >= 11 is 0. The summed E-state index contributed by atoms with van der Waals surface area (Å²) in [5.41, 5.74) is 1.06. The number of ether oxygens (including phenoxy) is 1. The summed E-state index contributed by atoms with van der Waals surface area (Å²) < 4.78 is 32.3. The van der Waals surface area contributed by atoms with Crippen molar-refractivity contribution in [3.8, 4) is 5.88 Å². The van der Waals surface area contributed by atoms with Crippen LogP contribution in [0, 0.1) is 0 Å². The number of piperidine rings is 1. The van der Waals surface area contributed by atoms with Crippen LogP contribution in [0.5, 0.6) is 5.88 Å². The summed E-state index contributed by atoms with van der Waals surface area (Å²) in [5, 5.41) is 0. The molecule has 7 nitrogen and oxygen atoms in total. The highest BCUT2D eigenvalue weighted by Crippen LogP contribution is 2.24. The standard InChI is InChI=1S/C17H19N3O4S/c1-24-16-10-5-13(12-18-16)19-25(22,23)15-8-6-14(7-9-15)20-11-3-2-4-17(20)21/h5-10,12,19H,2-4,11H2,1H3. The van der Waals surface area contributed by atoms with Gasteiger partial charge in [-0.2, -0.15) is 0 Å². The van der Waals surface area contributed by atoms with E-state index in [2.05, 4.69) is 9.71 Å². The quantitative estimate of drug-likeness (QED) is 0.883. The molecule has 0 unspecified atom stereocenters. The van der Waals surface area contributed by atoms with Crippen molar-refractivity contribution >= 4 is 27.3 Å². The number of rotatable bonds is 5. The van der Waals surface area contributed by atoms with E-state index in [-0.39, 0.29) is 10.8 Å². The molecule has 0 aliphatic carbocycles. The summed E-state index contributed by atoms with van der Waals surface area (Å²) in [5.74, 6) is 0.475. The molecule has 25 heavy (non-hydrogen) atoms. The predicted molar refractivity (Wildman–Crippen MR) is 94.2 cm³/mol. The fourth-order valence-electron chi connectivity index (χ4n) is 2.66. The first-order chi connectivity index (χ1) is 12.0. The monoisotopic (exact) mass is 361 g/mol. The molecule has 0 saturated carbocycles. The van der Waals surface area contributed by atoms with Crippen molar-refractivity contribution in [3.05, 3.63) is 42.6 Å². The Morgan fingerprint density at radius 2 is 1.88 bits per heavy atom. The van der Waals surface area contributed by atoms with Crippen molar-refractivity contribution in [3.63, 3.8) is 0 Å². The summed E-state index contributed by atoms with van der Waals surface area (Å²) in [6.07, 6.45) is 3.78. The molecule has 0 spiro atoms. The van der Waals surface area contributed by atoms with Gasteiger partial charge in [0, 0.05) is 24.7 Å². The Kier molecular flexibility index (Phi) is 4.89. The highest BCUT2D eigenvalue weighted by Gasteiger charge is 2.21. The van der Waals surface area contributed by atoms with E-state index in [1.54, 1.807) is 29.2 Å². The van der Waals surface area contributed by atoms with Gasteiger partial charge < -0.3 is 9.64 Å². The minimum absolute atomic E-state index is 0.0734. The van der Waals surface area contributed by atoms with Crippen LogP contribution in [0.3, 0.4) is 0 Å². The second-order valence-corrected chi connectivity index (χ2v) is 7.37. The molecular weight excluding hydrogens is 342 g/mol. The van der Waals surface area contributed by atoms with Crippen LogP contribution in [0.1, 0.15) is 19.3 Å². The smallest absolute Gasteiger partial charge is 0.261 e. The third-order valence-corrected chi connectivity index (χ3v) is 5.38. The average molecular weight is 361 g/mol. The second-order valence-electron chi connectivity index (χ2n) is 5.69. The van der Waals surface area contributed by atoms with Crippen molar-refractivity contribution < 1.29 is 17.9 Å². The zero-order valence-corrected chi connectivity index (χ0v) is 14.6. The first-order valence-corrected chi connectivity index (χ1v) is 9.41. The van der Waals surface area contributed by atoms with Gasteiger partial charge in [-0.05, 0) is 43.2 Å². The van der Waals surface area contributed by atoms with E-state index in [1.807, 2.05) is 0 Å². The number of anilines is 2. The van der Waals surface area contributed by atoms with E-state index >= 15 is 0 Å². The maximum atomic E-state index is 12.5. The molecule has 1 aliphatic rings. The van der Waals surface area contributed by atoms with Gasteiger partial charge in [-0.15, -0.1) is 0 Å². The molecule has 3 rings (SSSR count). The van der Waals surface area contributed by atoms with Crippen LogP contribution in [0.15, 0.2) is 47.5 Å². The van der Waals surface area contributed by atoms with Gasteiger partial charge in [0.25, 0.3) is 10.0 Å². The van der Waals surface area contributed by atoms with Crippen molar-refractivity contribution in [1.29, 1.82) is 0 Å². The summed E-state index contributed by atoms with van der Waals surface area (Å²) in [6, 6.07) is 9.45. The molecule has 0 radical (unpaired) electrons. The molecule has 1 amide bonds. The van der Waals surface area contributed by atoms with Gasteiger partial charge >= 0.3 is 0 Å². The first kappa shape index (κ1) is 17.2. The number of methoxy groups -OCH3 is 1. The number of hydrogen-bond donors (Lipinski definition) is 1. The van der Waals surface area contributed by atoms with Crippen LogP contribution < -0.4 is 14.4 Å². The average Bonchev–Trinajstić information content (AvgIpc) is 2.63. The number of nitrogens with zero attached hydrogens (tertiary/aromatic N) is 2. The van der Waals surface area contributed by atoms with Gasteiger partial charge in [0.15, 0.2) is 0 Å². The Balaban J connectivity index is 1.76. The molecule has 1 aliphatic heterocycles. The van der Waals surface area contributed by atoms with Crippen molar-refractivity contribution in [2.24, 2.45) is 0 Å². The van der Waals surface area contributed by atoms with Crippen LogP contribution in [0.2, 0.25) is 0 Å². The maximum Gasteiger partial charge on any atom is 0.261 e. The zero-order valence-electron chi connectivity index (χ0n) is 13.8. The molecule has 132 valence electrons. The van der Waals surface area contributed by atoms with Crippen LogP contribution in [0.25, 0.3) is 0 Å². The molecule has 0 atom stereocenters. The molecule has 8 heteroatoms. The molecular formula is C17H19N3O4S. The number of carbonyl (C=O) groups is 1. The minimum atomic E-state index is -3.73.